The van der Waals surface area contributed by atoms with Crippen molar-refractivity contribution in [3.63, 3.8) is 0 Å². The van der Waals surface area contributed by atoms with E-state index in [1.165, 1.54) is 0 Å². The van der Waals surface area contributed by atoms with Crippen molar-refractivity contribution >= 4 is 43.5 Å². The number of pyridine rings is 1. The van der Waals surface area contributed by atoms with Crippen LogP contribution in [-0.4, -0.2) is 4.98 Å². The first-order valence-electron chi connectivity index (χ1n) is 2.60. The molecule has 1 aromatic rings. The predicted octanol–water partition coefficient (Wildman–Crippen LogP) is 3.39. The van der Waals surface area contributed by atoms with E-state index < -0.39 is 0 Å². The SMILES string of the molecule is Clc1cc(CBr)cnc1Br. The molecule has 0 aliphatic rings. The number of hydrogen-bond acceptors (Lipinski definition) is 1. The molecule has 10 heavy (non-hydrogen) atoms. The summed E-state index contributed by atoms with van der Waals surface area (Å²) >= 11 is 12.3. The Kier molecular flexibility index (Phi) is 3.14. The summed E-state index contributed by atoms with van der Waals surface area (Å²) in [5.74, 6) is 0. The molecule has 1 rings (SSSR count). The van der Waals surface area contributed by atoms with Crippen molar-refractivity contribution in [1.82, 2.24) is 4.98 Å². The lowest BCUT2D eigenvalue weighted by Crippen LogP contribution is -1.81. The second-order valence-electron chi connectivity index (χ2n) is 1.75. The minimum absolute atomic E-state index is 0.650. The minimum Gasteiger partial charge on any atom is -0.247 e. The molecule has 0 aromatic carbocycles. The molecule has 54 valence electrons. The fourth-order valence-electron chi connectivity index (χ4n) is 0.534. The zero-order valence-corrected chi connectivity index (χ0v) is 8.87. The van der Waals surface area contributed by atoms with Crippen LogP contribution in [0.4, 0.5) is 0 Å². The molecule has 0 bridgehead atoms. The number of nitrogens with zero attached hydrogens (tertiary/aromatic N) is 1. The molecule has 0 atom stereocenters. The highest BCUT2D eigenvalue weighted by molar-refractivity contribution is 9.10. The van der Waals surface area contributed by atoms with Gasteiger partial charge < -0.3 is 0 Å². The van der Waals surface area contributed by atoms with Crippen molar-refractivity contribution in [2.75, 3.05) is 0 Å². The average molecular weight is 285 g/mol. The first-order chi connectivity index (χ1) is 4.74. The molecule has 0 unspecified atom stereocenters. The molecule has 0 saturated carbocycles. The molecule has 0 N–H and O–H groups in total. The topological polar surface area (TPSA) is 12.9 Å². The monoisotopic (exact) mass is 283 g/mol. The van der Waals surface area contributed by atoms with Crippen molar-refractivity contribution < 1.29 is 0 Å². The fraction of sp³-hybridized carbons (Fsp3) is 0.167. The summed E-state index contributed by atoms with van der Waals surface area (Å²) in [5, 5.41) is 1.43. The lowest BCUT2D eigenvalue weighted by atomic mass is 10.3. The summed E-state index contributed by atoms with van der Waals surface area (Å²) in [5.41, 5.74) is 1.08. The van der Waals surface area contributed by atoms with Gasteiger partial charge in [-0.2, -0.15) is 0 Å². The van der Waals surface area contributed by atoms with E-state index in [0.717, 1.165) is 10.9 Å². The Morgan fingerprint density at radius 1 is 1.60 bits per heavy atom. The molecule has 0 fully saturated rings. The van der Waals surface area contributed by atoms with Crippen LogP contribution in [-0.2, 0) is 5.33 Å². The summed E-state index contributed by atoms with van der Waals surface area (Å²) < 4.78 is 0.693. The van der Waals surface area contributed by atoms with E-state index in [1.807, 2.05) is 6.07 Å². The lowest BCUT2D eigenvalue weighted by molar-refractivity contribution is 1.22. The first kappa shape index (κ1) is 8.50. The normalized spacial score (nSPS) is 9.90. The van der Waals surface area contributed by atoms with E-state index in [4.69, 9.17) is 11.6 Å². The predicted molar refractivity (Wildman–Crippen MR) is 49.6 cm³/mol. The van der Waals surface area contributed by atoms with Gasteiger partial charge in [0.25, 0.3) is 0 Å². The van der Waals surface area contributed by atoms with Gasteiger partial charge in [-0.15, -0.1) is 0 Å². The highest BCUT2D eigenvalue weighted by Crippen LogP contribution is 2.21. The van der Waals surface area contributed by atoms with Crippen molar-refractivity contribution in [3.05, 3.63) is 27.5 Å². The Bertz CT molecular complexity index is 239. The van der Waals surface area contributed by atoms with Crippen LogP contribution in [0.1, 0.15) is 5.56 Å². The minimum atomic E-state index is 0.650. The van der Waals surface area contributed by atoms with E-state index in [9.17, 15) is 0 Å². The molecule has 0 aliphatic carbocycles. The van der Waals surface area contributed by atoms with Crippen molar-refractivity contribution in [2.45, 2.75) is 5.33 Å². The van der Waals surface area contributed by atoms with Crippen LogP contribution < -0.4 is 0 Å². The van der Waals surface area contributed by atoms with Gasteiger partial charge in [0, 0.05) is 11.5 Å². The number of aromatic nitrogens is 1. The lowest BCUT2D eigenvalue weighted by Gasteiger charge is -1.96. The first-order valence-corrected chi connectivity index (χ1v) is 4.89. The van der Waals surface area contributed by atoms with E-state index >= 15 is 0 Å². The van der Waals surface area contributed by atoms with Gasteiger partial charge in [0.05, 0.1) is 5.02 Å². The van der Waals surface area contributed by atoms with Crippen LogP contribution >= 0.6 is 43.5 Å². The summed E-state index contributed by atoms with van der Waals surface area (Å²) in [7, 11) is 0. The van der Waals surface area contributed by atoms with Crippen LogP contribution in [0.5, 0.6) is 0 Å². The Balaban J connectivity index is 3.04. The van der Waals surface area contributed by atoms with Gasteiger partial charge in [-0.25, -0.2) is 4.98 Å². The maximum Gasteiger partial charge on any atom is 0.124 e. The van der Waals surface area contributed by atoms with E-state index in [1.54, 1.807) is 6.20 Å². The zero-order valence-electron chi connectivity index (χ0n) is 4.94. The zero-order chi connectivity index (χ0) is 7.56. The van der Waals surface area contributed by atoms with Gasteiger partial charge in [-0.3, -0.25) is 0 Å². The number of hydrogen-bond donors (Lipinski definition) is 0. The van der Waals surface area contributed by atoms with Gasteiger partial charge in [0.1, 0.15) is 4.60 Å². The van der Waals surface area contributed by atoms with E-state index in [-0.39, 0.29) is 0 Å². The van der Waals surface area contributed by atoms with Gasteiger partial charge in [0.15, 0.2) is 0 Å². The summed E-state index contributed by atoms with van der Waals surface area (Å²) in [4.78, 5) is 4.00. The van der Waals surface area contributed by atoms with Gasteiger partial charge in [-0.05, 0) is 27.6 Å². The molecule has 0 amide bonds. The van der Waals surface area contributed by atoms with Gasteiger partial charge in [-0.1, -0.05) is 27.5 Å². The third kappa shape index (κ3) is 1.94. The molecule has 0 radical (unpaired) electrons. The number of rotatable bonds is 1. The second-order valence-corrected chi connectivity index (χ2v) is 3.47. The van der Waals surface area contributed by atoms with Crippen LogP contribution in [0.25, 0.3) is 0 Å². The molecule has 1 heterocycles. The standard InChI is InChI=1S/C6H4Br2ClN/c7-2-4-1-5(9)6(8)10-3-4/h1,3H,2H2. The number of alkyl halides is 1. The molecule has 1 nitrogen and oxygen atoms in total. The molecule has 0 aliphatic heterocycles. The molecule has 4 heteroatoms. The Labute approximate surface area is 81.1 Å². The molecule has 1 aromatic heterocycles. The Morgan fingerprint density at radius 2 is 2.30 bits per heavy atom. The van der Waals surface area contributed by atoms with E-state index in [2.05, 4.69) is 36.8 Å². The van der Waals surface area contributed by atoms with E-state index in [0.29, 0.717) is 9.63 Å². The third-order valence-corrected chi connectivity index (χ3v) is 2.80. The van der Waals surface area contributed by atoms with Crippen LogP contribution in [0.3, 0.4) is 0 Å². The Morgan fingerprint density at radius 3 is 2.80 bits per heavy atom. The van der Waals surface area contributed by atoms with Gasteiger partial charge >= 0.3 is 0 Å². The maximum atomic E-state index is 5.76. The second kappa shape index (κ2) is 3.69. The van der Waals surface area contributed by atoms with Crippen LogP contribution in [0, 0.1) is 0 Å². The highest BCUT2D eigenvalue weighted by Gasteiger charge is 1.97. The summed E-state index contributed by atoms with van der Waals surface area (Å²) in [6.45, 7) is 0. The third-order valence-electron chi connectivity index (χ3n) is 1.01. The maximum absolute atomic E-state index is 5.76. The molecular weight excluding hydrogens is 281 g/mol. The average Bonchev–Trinajstić information content (AvgIpc) is 1.95. The molecule has 0 spiro atoms. The van der Waals surface area contributed by atoms with Crippen LogP contribution in [0.2, 0.25) is 5.02 Å². The van der Waals surface area contributed by atoms with Crippen LogP contribution in [0.15, 0.2) is 16.9 Å². The molecule has 0 saturated heterocycles. The molecular formula is C6H4Br2ClN. The fourth-order valence-corrected chi connectivity index (χ4v) is 1.25. The van der Waals surface area contributed by atoms with Crippen molar-refractivity contribution in [3.8, 4) is 0 Å². The largest absolute Gasteiger partial charge is 0.247 e. The summed E-state index contributed by atoms with van der Waals surface area (Å²) in [6.07, 6.45) is 1.77. The Hall–Kier alpha value is 0.400. The summed E-state index contributed by atoms with van der Waals surface area (Å²) in [6, 6.07) is 1.87. The van der Waals surface area contributed by atoms with Crippen molar-refractivity contribution in [2.24, 2.45) is 0 Å². The highest BCUT2D eigenvalue weighted by atomic mass is 79.9. The quantitative estimate of drug-likeness (QED) is 0.569. The van der Waals surface area contributed by atoms with Gasteiger partial charge in [0.2, 0.25) is 0 Å². The number of halogens is 3. The van der Waals surface area contributed by atoms with Crippen molar-refractivity contribution in [1.29, 1.82) is 0 Å². The smallest absolute Gasteiger partial charge is 0.124 e.